The number of nitrogens with zero attached hydrogens (tertiary/aromatic N) is 3. The lowest BCUT2D eigenvalue weighted by molar-refractivity contribution is 0.372. The molecule has 112 valence electrons. The molecule has 0 bridgehead atoms. The Hall–Kier alpha value is -0.650. The first-order chi connectivity index (χ1) is 9.63. The van der Waals surface area contributed by atoms with Crippen LogP contribution in [0.2, 0.25) is 0 Å². The van der Waals surface area contributed by atoms with Crippen LogP contribution in [0.15, 0.2) is 0 Å². The van der Waals surface area contributed by atoms with Crippen molar-refractivity contribution in [1.82, 2.24) is 15.2 Å². The molecule has 2 fully saturated rings. The number of nitrogens with one attached hydrogen (secondary N) is 1. The predicted molar refractivity (Wildman–Crippen MR) is 85.6 cm³/mol. The standard InChI is InChI=1S/C15H26N4S/c1-11-14(9-16-12-6-7-12)20-15(17-11)19-8-4-5-13(19)10-18(2)3/h12-13,16H,4-10H2,1-3H3. The van der Waals surface area contributed by atoms with Crippen LogP contribution >= 0.6 is 11.3 Å². The smallest absolute Gasteiger partial charge is 0.186 e. The number of aromatic nitrogens is 1. The number of aryl methyl sites for hydroxylation is 1. The summed E-state index contributed by atoms with van der Waals surface area (Å²) >= 11 is 1.89. The molecule has 1 atom stereocenters. The minimum Gasteiger partial charge on any atom is -0.344 e. The first-order valence-corrected chi connectivity index (χ1v) is 8.56. The fourth-order valence-electron chi connectivity index (χ4n) is 2.92. The molecule has 1 aliphatic carbocycles. The SMILES string of the molecule is Cc1nc(N2CCCC2CN(C)C)sc1CNC1CC1. The molecule has 0 aromatic carbocycles. The lowest BCUT2D eigenvalue weighted by Gasteiger charge is -2.26. The maximum atomic E-state index is 4.83. The topological polar surface area (TPSA) is 31.4 Å². The molecule has 1 unspecified atom stereocenters. The van der Waals surface area contributed by atoms with Crippen LogP contribution in [-0.2, 0) is 6.54 Å². The van der Waals surface area contributed by atoms with Crippen LogP contribution in [0.5, 0.6) is 0 Å². The van der Waals surface area contributed by atoms with Crippen molar-refractivity contribution in [3.8, 4) is 0 Å². The molecule has 1 aromatic heterocycles. The maximum Gasteiger partial charge on any atom is 0.186 e. The van der Waals surface area contributed by atoms with Crippen LogP contribution in [0.1, 0.15) is 36.3 Å². The molecule has 1 saturated heterocycles. The Kier molecular flexibility index (Phi) is 4.29. The third-order valence-electron chi connectivity index (χ3n) is 4.21. The Morgan fingerprint density at radius 3 is 2.85 bits per heavy atom. The van der Waals surface area contributed by atoms with E-state index in [1.165, 1.54) is 47.9 Å². The number of hydrogen-bond acceptors (Lipinski definition) is 5. The van der Waals surface area contributed by atoms with Gasteiger partial charge in [-0.05, 0) is 46.7 Å². The predicted octanol–water partition coefficient (Wildman–Crippen LogP) is 2.23. The number of rotatable bonds is 6. The third kappa shape index (κ3) is 3.32. The summed E-state index contributed by atoms with van der Waals surface area (Å²) in [4.78, 5) is 11.1. The van der Waals surface area contributed by atoms with Gasteiger partial charge in [0.1, 0.15) is 0 Å². The van der Waals surface area contributed by atoms with Gasteiger partial charge in [0.2, 0.25) is 0 Å². The van der Waals surface area contributed by atoms with Gasteiger partial charge in [-0.1, -0.05) is 0 Å². The summed E-state index contributed by atoms with van der Waals surface area (Å²) in [5.41, 5.74) is 1.22. The van der Waals surface area contributed by atoms with Crippen molar-refractivity contribution in [1.29, 1.82) is 0 Å². The second-order valence-corrected chi connectivity index (χ2v) is 7.47. The molecule has 5 heteroatoms. The van der Waals surface area contributed by atoms with Gasteiger partial charge in [0.25, 0.3) is 0 Å². The van der Waals surface area contributed by atoms with Crippen molar-refractivity contribution in [3.05, 3.63) is 10.6 Å². The van der Waals surface area contributed by atoms with E-state index in [4.69, 9.17) is 4.98 Å². The highest BCUT2D eigenvalue weighted by molar-refractivity contribution is 7.15. The molecule has 2 heterocycles. The summed E-state index contributed by atoms with van der Waals surface area (Å²) in [6.45, 7) is 5.45. The van der Waals surface area contributed by atoms with E-state index in [0.29, 0.717) is 6.04 Å². The molecule has 4 nitrogen and oxygen atoms in total. The van der Waals surface area contributed by atoms with Crippen LogP contribution in [0.3, 0.4) is 0 Å². The van der Waals surface area contributed by atoms with E-state index in [0.717, 1.165) is 19.1 Å². The van der Waals surface area contributed by atoms with E-state index in [2.05, 4.69) is 36.1 Å². The Morgan fingerprint density at radius 2 is 2.15 bits per heavy atom. The molecule has 2 aliphatic rings. The van der Waals surface area contributed by atoms with E-state index in [9.17, 15) is 0 Å². The van der Waals surface area contributed by atoms with Gasteiger partial charge in [-0.2, -0.15) is 0 Å². The van der Waals surface area contributed by atoms with E-state index < -0.39 is 0 Å². The van der Waals surface area contributed by atoms with Crippen molar-refractivity contribution in [3.63, 3.8) is 0 Å². The zero-order chi connectivity index (χ0) is 14.1. The fraction of sp³-hybridized carbons (Fsp3) is 0.800. The lowest BCUT2D eigenvalue weighted by Crippen LogP contribution is -2.37. The quantitative estimate of drug-likeness (QED) is 0.872. The molecule has 1 aromatic rings. The van der Waals surface area contributed by atoms with Gasteiger partial charge in [0, 0.05) is 36.6 Å². The van der Waals surface area contributed by atoms with Gasteiger partial charge < -0.3 is 15.1 Å². The van der Waals surface area contributed by atoms with Crippen LogP contribution < -0.4 is 10.2 Å². The average molecular weight is 294 g/mol. The van der Waals surface area contributed by atoms with E-state index in [1.54, 1.807) is 0 Å². The van der Waals surface area contributed by atoms with Gasteiger partial charge in [-0.25, -0.2) is 4.98 Å². The van der Waals surface area contributed by atoms with Gasteiger partial charge in [-0.15, -0.1) is 11.3 Å². The molecule has 3 rings (SSSR count). The molecule has 20 heavy (non-hydrogen) atoms. The average Bonchev–Trinajstić information content (AvgIpc) is 2.99. The minimum absolute atomic E-state index is 0.639. The zero-order valence-corrected chi connectivity index (χ0v) is 13.7. The highest BCUT2D eigenvalue weighted by Gasteiger charge is 2.28. The van der Waals surface area contributed by atoms with Gasteiger partial charge in [0.15, 0.2) is 5.13 Å². The Labute approximate surface area is 126 Å². The van der Waals surface area contributed by atoms with Crippen molar-refractivity contribution in [2.45, 2.75) is 51.2 Å². The summed E-state index contributed by atoms with van der Waals surface area (Å²) in [5.74, 6) is 0. The molecule has 0 spiro atoms. The normalized spacial score (nSPS) is 23.0. The Morgan fingerprint density at radius 1 is 1.35 bits per heavy atom. The van der Waals surface area contributed by atoms with Crippen LogP contribution in [0.25, 0.3) is 0 Å². The molecule has 1 N–H and O–H groups in total. The summed E-state index contributed by atoms with van der Waals surface area (Å²) in [7, 11) is 4.32. The van der Waals surface area contributed by atoms with E-state index >= 15 is 0 Å². The molecule has 1 aliphatic heterocycles. The lowest BCUT2D eigenvalue weighted by atomic mass is 10.2. The first kappa shape index (κ1) is 14.3. The molecular formula is C15H26N4S. The Balaban J connectivity index is 1.67. The molecule has 1 saturated carbocycles. The van der Waals surface area contributed by atoms with E-state index in [-0.39, 0.29) is 0 Å². The Bertz CT molecular complexity index is 453. The van der Waals surface area contributed by atoms with E-state index in [1.807, 2.05) is 11.3 Å². The summed E-state index contributed by atoms with van der Waals surface area (Å²) in [6, 6.07) is 1.41. The van der Waals surface area contributed by atoms with Crippen LogP contribution in [-0.4, -0.2) is 49.2 Å². The summed E-state index contributed by atoms with van der Waals surface area (Å²) in [5, 5.41) is 4.84. The number of hydrogen-bond donors (Lipinski definition) is 1. The third-order valence-corrected chi connectivity index (χ3v) is 5.40. The monoisotopic (exact) mass is 294 g/mol. The highest BCUT2D eigenvalue weighted by Crippen LogP contribution is 2.32. The van der Waals surface area contributed by atoms with Crippen molar-refractivity contribution < 1.29 is 0 Å². The second-order valence-electron chi connectivity index (χ2n) is 6.41. The zero-order valence-electron chi connectivity index (χ0n) is 12.9. The summed E-state index contributed by atoms with van der Waals surface area (Å²) < 4.78 is 0. The number of thiazole rings is 1. The van der Waals surface area contributed by atoms with Gasteiger partial charge in [-0.3, -0.25) is 0 Å². The van der Waals surface area contributed by atoms with Crippen LogP contribution in [0, 0.1) is 6.92 Å². The fourth-order valence-corrected chi connectivity index (χ4v) is 4.03. The number of likely N-dealkylation sites (N-methyl/N-ethyl adjacent to an activating group) is 1. The molecular weight excluding hydrogens is 268 g/mol. The van der Waals surface area contributed by atoms with Gasteiger partial charge in [0.05, 0.1) is 5.69 Å². The van der Waals surface area contributed by atoms with Crippen molar-refractivity contribution in [2.75, 3.05) is 32.1 Å². The maximum absolute atomic E-state index is 4.83. The highest BCUT2D eigenvalue weighted by atomic mass is 32.1. The first-order valence-electron chi connectivity index (χ1n) is 7.74. The number of anilines is 1. The van der Waals surface area contributed by atoms with Crippen molar-refractivity contribution >= 4 is 16.5 Å². The summed E-state index contributed by atoms with van der Waals surface area (Å²) in [6.07, 6.45) is 5.29. The van der Waals surface area contributed by atoms with Crippen molar-refractivity contribution in [2.24, 2.45) is 0 Å². The molecule has 0 amide bonds. The largest absolute Gasteiger partial charge is 0.344 e. The van der Waals surface area contributed by atoms with Gasteiger partial charge >= 0.3 is 0 Å². The van der Waals surface area contributed by atoms with Crippen LogP contribution in [0.4, 0.5) is 5.13 Å². The molecule has 0 radical (unpaired) electrons. The second kappa shape index (κ2) is 6.00. The minimum atomic E-state index is 0.639.